The van der Waals surface area contributed by atoms with E-state index in [4.69, 9.17) is 4.98 Å². The van der Waals surface area contributed by atoms with E-state index in [2.05, 4.69) is 10.2 Å². The van der Waals surface area contributed by atoms with Crippen LogP contribution < -0.4 is 5.32 Å². The minimum atomic E-state index is 0.0702. The molecule has 4 nitrogen and oxygen atoms in total. The topological polar surface area (TPSA) is 45.2 Å². The van der Waals surface area contributed by atoms with E-state index in [1.54, 1.807) is 11.3 Å². The average molecular weight is 327 g/mol. The zero-order valence-corrected chi connectivity index (χ0v) is 13.9. The van der Waals surface area contributed by atoms with Gasteiger partial charge in [0.05, 0.1) is 15.2 Å². The predicted octanol–water partition coefficient (Wildman–Crippen LogP) is 3.00. The van der Waals surface area contributed by atoms with Gasteiger partial charge in [0, 0.05) is 30.6 Å². The lowest BCUT2D eigenvalue weighted by molar-refractivity contribution is 0.0909. The van der Waals surface area contributed by atoms with Crippen molar-refractivity contribution >= 4 is 27.5 Å². The van der Waals surface area contributed by atoms with E-state index in [0.717, 1.165) is 34.7 Å². The molecule has 2 saturated heterocycles. The Balaban J connectivity index is 1.33. The molecule has 1 saturated carbocycles. The number of nitrogens with one attached hydrogen (secondary N) is 1. The molecule has 3 atom stereocenters. The standard InChI is InChI=1S/C18H21N3OS/c22-17(19-14-7-11-5-6-21(9-11)10-14)13-3-4-15-16(8-13)23-18(20-15)12-1-2-12/h3-4,8,11-12,14H,1-2,5-7,9-10H2,(H,19,22). The van der Waals surface area contributed by atoms with Gasteiger partial charge < -0.3 is 10.2 Å². The Hall–Kier alpha value is -1.46. The summed E-state index contributed by atoms with van der Waals surface area (Å²) in [6, 6.07) is 6.25. The molecule has 3 unspecified atom stereocenters. The van der Waals surface area contributed by atoms with Crippen LogP contribution >= 0.6 is 11.3 Å². The monoisotopic (exact) mass is 327 g/mol. The molecule has 1 aliphatic carbocycles. The van der Waals surface area contributed by atoms with Crippen LogP contribution in [0.4, 0.5) is 0 Å². The molecule has 2 aliphatic heterocycles. The highest BCUT2D eigenvalue weighted by molar-refractivity contribution is 7.18. The molecule has 1 amide bonds. The van der Waals surface area contributed by atoms with Gasteiger partial charge in [-0.15, -0.1) is 11.3 Å². The number of nitrogens with zero attached hydrogens (tertiary/aromatic N) is 2. The van der Waals surface area contributed by atoms with E-state index < -0.39 is 0 Å². The lowest BCUT2D eigenvalue weighted by Crippen LogP contribution is -2.47. The number of fused-ring (bicyclic) bond motifs is 3. The fourth-order valence-electron chi connectivity index (χ4n) is 4.02. The average Bonchev–Trinajstić information content (AvgIpc) is 3.23. The van der Waals surface area contributed by atoms with Gasteiger partial charge >= 0.3 is 0 Å². The Labute approximate surface area is 139 Å². The molecular formula is C18H21N3OS. The largest absolute Gasteiger partial charge is 0.348 e. The van der Waals surface area contributed by atoms with Gasteiger partial charge in [0.25, 0.3) is 5.91 Å². The minimum absolute atomic E-state index is 0.0702. The van der Waals surface area contributed by atoms with Crippen LogP contribution in [-0.4, -0.2) is 41.5 Å². The number of rotatable bonds is 3. The first kappa shape index (κ1) is 13.9. The van der Waals surface area contributed by atoms with Crippen LogP contribution in [-0.2, 0) is 0 Å². The SMILES string of the molecule is O=C(NC1CC2CCN(C2)C1)c1ccc2nc(C3CC3)sc2c1. The second-order valence-electron chi connectivity index (χ2n) is 7.33. The maximum atomic E-state index is 12.6. The summed E-state index contributed by atoms with van der Waals surface area (Å²) in [6.07, 6.45) is 4.97. The molecule has 0 radical (unpaired) electrons. The molecule has 1 N–H and O–H groups in total. The van der Waals surface area contributed by atoms with Crippen LogP contribution in [0.25, 0.3) is 10.2 Å². The number of carbonyl (C=O) groups excluding carboxylic acids is 1. The summed E-state index contributed by atoms with van der Waals surface area (Å²) in [7, 11) is 0. The zero-order chi connectivity index (χ0) is 15.4. The van der Waals surface area contributed by atoms with Crippen LogP contribution in [0.15, 0.2) is 18.2 Å². The molecule has 1 aromatic carbocycles. The Kier molecular flexibility index (Phi) is 3.20. The highest BCUT2D eigenvalue weighted by Gasteiger charge is 2.33. The maximum Gasteiger partial charge on any atom is 0.251 e. The first-order chi connectivity index (χ1) is 11.2. The van der Waals surface area contributed by atoms with Crippen LogP contribution in [0.2, 0.25) is 0 Å². The molecule has 5 rings (SSSR count). The number of amides is 1. The third kappa shape index (κ3) is 2.66. The molecule has 1 aromatic heterocycles. The first-order valence-electron chi connectivity index (χ1n) is 8.68. The Morgan fingerprint density at radius 3 is 3.00 bits per heavy atom. The third-order valence-corrected chi connectivity index (χ3v) is 6.58. The summed E-state index contributed by atoms with van der Waals surface area (Å²) in [4.78, 5) is 19.8. The van der Waals surface area contributed by atoms with E-state index in [1.165, 1.54) is 37.4 Å². The van der Waals surface area contributed by atoms with Crippen molar-refractivity contribution in [2.45, 2.75) is 37.6 Å². The van der Waals surface area contributed by atoms with E-state index in [-0.39, 0.29) is 5.91 Å². The molecule has 23 heavy (non-hydrogen) atoms. The first-order valence-corrected chi connectivity index (χ1v) is 9.50. The van der Waals surface area contributed by atoms with Crippen LogP contribution in [0.5, 0.6) is 0 Å². The quantitative estimate of drug-likeness (QED) is 0.942. The van der Waals surface area contributed by atoms with Crippen molar-refractivity contribution in [2.24, 2.45) is 5.92 Å². The number of carbonyl (C=O) groups is 1. The van der Waals surface area contributed by atoms with Gasteiger partial charge in [0.15, 0.2) is 0 Å². The molecule has 2 aromatic rings. The molecule has 5 heteroatoms. The number of benzene rings is 1. The van der Waals surface area contributed by atoms with Gasteiger partial charge in [0.2, 0.25) is 0 Å². The van der Waals surface area contributed by atoms with Gasteiger partial charge in [-0.1, -0.05) is 0 Å². The summed E-state index contributed by atoms with van der Waals surface area (Å²) < 4.78 is 1.15. The minimum Gasteiger partial charge on any atom is -0.348 e. The zero-order valence-electron chi connectivity index (χ0n) is 13.1. The molecule has 3 fully saturated rings. The molecule has 3 heterocycles. The van der Waals surface area contributed by atoms with E-state index >= 15 is 0 Å². The normalized spacial score (nSPS) is 29.8. The second-order valence-corrected chi connectivity index (χ2v) is 8.39. The van der Waals surface area contributed by atoms with E-state index in [0.29, 0.717) is 12.0 Å². The second kappa shape index (κ2) is 5.28. The van der Waals surface area contributed by atoms with Crippen LogP contribution in [0.1, 0.15) is 47.0 Å². The Bertz CT molecular complexity index is 755. The summed E-state index contributed by atoms with van der Waals surface area (Å²) in [5.74, 6) is 1.52. The number of thiazole rings is 1. The number of hydrogen-bond acceptors (Lipinski definition) is 4. The van der Waals surface area contributed by atoms with Gasteiger partial charge in [-0.3, -0.25) is 4.79 Å². The summed E-state index contributed by atoms with van der Waals surface area (Å²) in [6.45, 7) is 3.44. The Morgan fingerprint density at radius 2 is 2.17 bits per heavy atom. The smallest absolute Gasteiger partial charge is 0.251 e. The summed E-state index contributed by atoms with van der Waals surface area (Å²) >= 11 is 1.76. The van der Waals surface area contributed by atoms with Crippen LogP contribution in [0.3, 0.4) is 0 Å². The molecular weight excluding hydrogens is 306 g/mol. The highest BCUT2D eigenvalue weighted by Crippen LogP contribution is 2.43. The molecule has 0 spiro atoms. The summed E-state index contributed by atoms with van der Waals surface area (Å²) in [5.41, 5.74) is 1.81. The van der Waals surface area contributed by atoms with E-state index in [1.807, 2.05) is 18.2 Å². The predicted molar refractivity (Wildman–Crippen MR) is 92.0 cm³/mol. The maximum absolute atomic E-state index is 12.6. The van der Waals surface area contributed by atoms with Crippen molar-refractivity contribution in [1.29, 1.82) is 0 Å². The third-order valence-electron chi connectivity index (χ3n) is 5.40. The van der Waals surface area contributed by atoms with Crippen LogP contribution in [0, 0.1) is 5.92 Å². The van der Waals surface area contributed by atoms with Crippen molar-refractivity contribution in [2.75, 3.05) is 19.6 Å². The fourth-order valence-corrected chi connectivity index (χ4v) is 5.20. The van der Waals surface area contributed by atoms with Crippen molar-refractivity contribution in [1.82, 2.24) is 15.2 Å². The fraction of sp³-hybridized carbons (Fsp3) is 0.556. The summed E-state index contributed by atoms with van der Waals surface area (Å²) in [5, 5.41) is 4.49. The van der Waals surface area contributed by atoms with Crippen molar-refractivity contribution in [3.05, 3.63) is 28.8 Å². The lowest BCUT2D eigenvalue weighted by atomic mass is 9.96. The number of hydrogen-bond donors (Lipinski definition) is 1. The highest BCUT2D eigenvalue weighted by atomic mass is 32.1. The van der Waals surface area contributed by atoms with Gasteiger partial charge in [-0.25, -0.2) is 4.98 Å². The number of aromatic nitrogens is 1. The van der Waals surface area contributed by atoms with Gasteiger partial charge in [0.1, 0.15) is 0 Å². The van der Waals surface area contributed by atoms with E-state index in [9.17, 15) is 4.79 Å². The molecule has 3 aliphatic rings. The van der Waals surface area contributed by atoms with Crippen molar-refractivity contribution < 1.29 is 4.79 Å². The van der Waals surface area contributed by atoms with Gasteiger partial charge in [-0.05, 0) is 56.3 Å². The van der Waals surface area contributed by atoms with Crippen molar-refractivity contribution in [3.63, 3.8) is 0 Å². The number of piperidine rings is 1. The Morgan fingerprint density at radius 1 is 1.26 bits per heavy atom. The van der Waals surface area contributed by atoms with Gasteiger partial charge in [-0.2, -0.15) is 0 Å². The molecule has 120 valence electrons. The lowest BCUT2D eigenvalue weighted by Gasteiger charge is -2.30. The molecule has 2 bridgehead atoms. The van der Waals surface area contributed by atoms with Crippen molar-refractivity contribution in [3.8, 4) is 0 Å².